The summed E-state index contributed by atoms with van der Waals surface area (Å²) >= 11 is -4.86. The van der Waals surface area contributed by atoms with Crippen molar-refractivity contribution in [2.45, 2.75) is 0 Å². The predicted molar refractivity (Wildman–Crippen MR) is 42.7 cm³/mol. The van der Waals surface area contributed by atoms with Gasteiger partial charge >= 0.3 is 76.0 Å². The van der Waals surface area contributed by atoms with Crippen LogP contribution in [0.15, 0.2) is 24.3 Å². The Morgan fingerprint density at radius 2 is 1.69 bits per heavy atom. The second kappa shape index (κ2) is 3.63. The van der Waals surface area contributed by atoms with E-state index in [1.54, 1.807) is 0 Å². The standard InChI is InChI=1S/C6H8AsNO5/c9-7(10,11)5-1-3-6(4-2-5)8(12)13/h1-4,8,12H,(H2,9,10,11). The van der Waals surface area contributed by atoms with Crippen LogP contribution in [-0.4, -0.2) is 27.6 Å². The topological polar surface area (TPSA) is 105 Å². The summed E-state index contributed by atoms with van der Waals surface area (Å²) in [4.78, 5) is 0. The first kappa shape index (κ1) is 10.5. The van der Waals surface area contributed by atoms with E-state index in [2.05, 4.69) is 0 Å². The van der Waals surface area contributed by atoms with Gasteiger partial charge in [0.05, 0.1) is 0 Å². The normalized spacial score (nSPS) is 14.2. The Bertz CT molecular complexity index is 329. The summed E-state index contributed by atoms with van der Waals surface area (Å²) < 4.78 is 28.1. The van der Waals surface area contributed by atoms with Gasteiger partial charge < -0.3 is 0 Å². The molecule has 1 unspecified atom stereocenters. The second-order valence-electron chi connectivity index (χ2n) is 2.40. The Balaban J connectivity index is 3.01. The molecule has 1 rings (SSSR count). The molecule has 0 aromatic heterocycles. The van der Waals surface area contributed by atoms with Crippen LogP contribution in [0.5, 0.6) is 0 Å². The second-order valence-corrected chi connectivity index (χ2v) is 5.76. The van der Waals surface area contributed by atoms with Gasteiger partial charge in [0.1, 0.15) is 0 Å². The monoisotopic (exact) mass is 249 g/mol. The molecule has 0 aliphatic heterocycles. The number of quaternary nitrogens is 1. The average Bonchev–Trinajstić information content (AvgIpc) is 2.03. The first-order valence-electron chi connectivity index (χ1n) is 3.31. The third kappa shape index (κ3) is 2.67. The number of rotatable bonds is 2. The fourth-order valence-electron chi connectivity index (χ4n) is 0.798. The molecular formula is C6H8AsNO5. The zero-order chi connectivity index (χ0) is 10.1. The summed E-state index contributed by atoms with van der Waals surface area (Å²) in [7, 11) is 0. The van der Waals surface area contributed by atoms with E-state index in [0.29, 0.717) is 0 Å². The number of hydrogen-bond donors (Lipinski definition) is 4. The number of benzene rings is 1. The van der Waals surface area contributed by atoms with Gasteiger partial charge in [-0.3, -0.25) is 0 Å². The predicted octanol–water partition coefficient (Wildman–Crippen LogP) is -2.35. The van der Waals surface area contributed by atoms with E-state index in [1.165, 1.54) is 0 Å². The first-order chi connectivity index (χ1) is 5.91. The van der Waals surface area contributed by atoms with Crippen molar-refractivity contribution in [2.24, 2.45) is 0 Å². The van der Waals surface area contributed by atoms with Gasteiger partial charge in [-0.25, -0.2) is 0 Å². The van der Waals surface area contributed by atoms with Gasteiger partial charge in [0.25, 0.3) is 0 Å². The molecule has 1 atom stereocenters. The fourth-order valence-corrected chi connectivity index (χ4v) is 1.93. The molecule has 1 aromatic carbocycles. The van der Waals surface area contributed by atoms with E-state index in [1.807, 2.05) is 0 Å². The van der Waals surface area contributed by atoms with Crippen molar-refractivity contribution < 1.29 is 22.4 Å². The third-order valence-corrected chi connectivity index (χ3v) is 3.49. The fraction of sp³-hybridized carbons (Fsp3) is 0. The van der Waals surface area contributed by atoms with Gasteiger partial charge in [0.2, 0.25) is 0 Å². The van der Waals surface area contributed by atoms with Crippen LogP contribution in [0, 0.1) is 5.21 Å². The molecule has 0 amide bonds. The van der Waals surface area contributed by atoms with Crippen LogP contribution in [0.2, 0.25) is 0 Å². The van der Waals surface area contributed by atoms with Gasteiger partial charge in [0, 0.05) is 0 Å². The van der Waals surface area contributed by atoms with E-state index in [9.17, 15) is 8.95 Å². The van der Waals surface area contributed by atoms with Crippen LogP contribution in [0.25, 0.3) is 0 Å². The van der Waals surface area contributed by atoms with E-state index in [-0.39, 0.29) is 10.0 Å². The average molecular weight is 249 g/mol. The summed E-state index contributed by atoms with van der Waals surface area (Å²) in [6, 6.07) is 4.59. The van der Waals surface area contributed by atoms with E-state index in [4.69, 9.17) is 13.4 Å². The van der Waals surface area contributed by atoms with E-state index >= 15 is 0 Å². The van der Waals surface area contributed by atoms with E-state index < -0.39 is 19.4 Å². The van der Waals surface area contributed by atoms with Crippen molar-refractivity contribution in [1.82, 2.24) is 0 Å². The molecule has 6 nitrogen and oxygen atoms in total. The van der Waals surface area contributed by atoms with Crippen LogP contribution >= 0.6 is 0 Å². The Kier molecular flexibility index (Phi) is 2.92. The van der Waals surface area contributed by atoms with Crippen LogP contribution < -0.4 is 9.58 Å². The molecule has 0 aliphatic rings. The zero-order valence-corrected chi connectivity index (χ0v) is 8.29. The molecule has 13 heavy (non-hydrogen) atoms. The van der Waals surface area contributed by atoms with E-state index in [0.717, 1.165) is 24.3 Å². The van der Waals surface area contributed by atoms with Crippen molar-refractivity contribution in [3.63, 3.8) is 0 Å². The molecule has 0 radical (unpaired) electrons. The molecule has 0 spiro atoms. The summed E-state index contributed by atoms with van der Waals surface area (Å²) in [6.07, 6.45) is 0. The molecule has 0 bridgehead atoms. The Hall–Kier alpha value is -0.622. The van der Waals surface area contributed by atoms with Crippen LogP contribution in [0.3, 0.4) is 0 Å². The molecular weight excluding hydrogens is 241 g/mol. The molecule has 0 aliphatic carbocycles. The van der Waals surface area contributed by atoms with Crippen molar-refractivity contribution in [1.29, 1.82) is 0 Å². The summed E-state index contributed by atoms with van der Waals surface area (Å²) in [5, 5.41) is 17.7. The Labute approximate surface area is 76.6 Å². The summed E-state index contributed by atoms with van der Waals surface area (Å²) in [5.74, 6) is 0. The summed E-state index contributed by atoms with van der Waals surface area (Å²) in [5.41, 5.74) is 0.00713. The van der Waals surface area contributed by atoms with Crippen molar-refractivity contribution >= 4 is 24.2 Å². The van der Waals surface area contributed by atoms with Gasteiger partial charge in [0.15, 0.2) is 0 Å². The minimum absolute atomic E-state index is 0.00713. The molecule has 72 valence electrons. The van der Waals surface area contributed by atoms with Crippen molar-refractivity contribution in [3.8, 4) is 0 Å². The Morgan fingerprint density at radius 3 is 2.00 bits per heavy atom. The van der Waals surface area contributed by atoms with Crippen LogP contribution in [0.1, 0.15) is 0 Å². The van der Waals surface area contributed by atoms with Gasteiger partial charge in [-0.15, -0.1) is 0 Å². The zero-order valence-electron chi connectivity index (χ0n) is 6.41. The third-order valence-electron chi connectivity index (χ3n) is 1.45. The van der Waals surface area contributed by atoms with Gasteiger partial charge in [-0.1, -0.05) is 0 Å². The first-order valence-corrected chi connectivity index (χ1v) is 6.69. The maximum absolute atomic E-state index is 10.7. The molecule has 7 heteroatoms. The van der Waals surface area contributed by atoms with Gasteiger partial charge in [-0.2, -0.15) is 0 Å². The summed E-state index contributed by atoms with van der Waals surface area (Å²) in [6.45, 7) is 0. The molecule has 0 saturated heterocycles. The molecule has 1 aromatic rings. The van der Waals surface area contributed by atoms with Gasteiger partial charge in [-0.05, 0) is 0 Å². The quantitative estimate of drug-likeness (QED) is 0.347. The van der Waals surface area contributed by atoms with Crippen LogP contribution in [0.4, 0.5) is 5.69 Å². The molecule has 0 fully saturated rings. The van der Waals surface area contributed by atoms with Crippen molar-refractivity contribution in [2.75, 3.05) is 0 Å². The van der Waals surface area contributed by atoms with Crippen LogP contribution in [-0.2, 0) is 3.74 Å². The number of hydrogen-bond acceptors (Lipinski definition) is 3. The minimum atomic E-state index is -4.86. The molecule has 0 saturated carbocycles. The number of nitrogens with one attached hydrogen (secondary N) is 1. The SMILES string of the molecule is O=[As](O)(O)c1ccc([NH+]([O-])O)cc1. The maximum atomic E-state index is 10.7. The van der Waals surface area contributed by atoms with Crippen molar-refractivity contribution in [3.05, 3.63) is 29.5 Å². The molecule has 0 heterocycles. The molecule has 4 N–H and O–H groups in total. The Morgan fingerprint density at radius 1 is 1.23 bits per heavy atom.